The number of hydrogen-bond donors (Lipinski definition) is 1. The molecule has 1 rings (SSSR count). The smallest absolute Gasteiger partial charge is 0.310 e. The van der Waals surface area contributed by atoms with E-state index >= 15 is 0 Å². The van der Waals surface area contributed by atoms with Gasteiger partial charge in [0.25, 0.3) is 0 Å². The lowest BCUT2D eigenvalue weighted by molar-refractivity contribution is -0.150. The highest BCUT2D eigenvalue weighted by atomic mass is 16.5. The Balaban J connectivity index is 2.28. The molecule has 0 aromatic rings. The van der Waals surface area contributed by atoms with E-state index in [1.165, 1.54) is 6.92 Å². The van der Waals surface area contributed by atoms with Crippen molar-refractivity contribution in [3.63, 3.8) is 0 Å². The minimum Gasteiger partial charge on any atom is -0.466 e. The fourth-order valence-corrected chi connectivity index (χ4v) is 2.10. The van der Waals surface area contributed by atoms with Crippen molar-refractivity contribution in [1.82, 2.24) is 10.2 Å². The number of ether oxygens (including phenoxy) is 1. The van der Waals surface area contributed by atoms with Crippen molar-refractivity contribution in [3.8, 4) is 0 Å². The molecule has 0 aromatic heterocycles. The minimum absolute atomic E-state index is 0.000952. The zero-order valence-corrected chi connectivity index (χ0v) is 10.7. The first-order chi connectivity index (χ1) is 8.13. The number of nitrogens with zero attached hydrogens (tertiary/aromatic N) is 1. The molecule has 1 heterocycles. The molecule has 1 saturated heterocycles. The second kappa shape index (κ2) is 7.27. The number of rotatable bonds is 5. The summed E-state index contributed by atoms with van der Waals surface area (Å²) in [5, 5.41) is 2.77. The molecule has 5 heteroatoms. The molecule has 1 fully saturated rings. The first-order valence-electron chi connectivity index (χ1n) is 6.27. The van der Waals surface area contributed by atoms with Crippen LogP contribution < -0.4 is 5.32 Å². The summed E-state index contributed by atoms with van der Waals surface area (Å²) in [7, 11) is 0. The standard InChI is InChI=1S/C12H22N2O3/c1-3-17-12(16)11-5-4-7-14(9-11)8-6-13-10(2)15/h11H,3-9H2,1-2H3,(H,13,15). The van der Waals surface area contributed by atoms with Crippen molar-refractivity contribution in [3.05, 3.63) is 0 Å². The molecular formula is C12H22N2O3. The quantitative estimate of drug-likeness (QED) is 0.709. The Labute approximate surface area is 102 Å². The lowest BCUT2D eigenvalue weighted by Crippen LogP contribution is -2.42. The summed E-state index contributed by atoms with van der Waals surface area (Å²) in [5.74, 6) is -0.0956. The Morgan fingerprint density at radius 2 is 2.24 bits per heavy atom. The van der Waals surface area contributed by atoms with Crippen LogP contribution in [0.5, 0.6) is 0 Å². The first-order valence-corrected chi connectivity index (χ1v) is 6.27. The van der Waals surface area contributed by atoms with Crippen LogP contribution in [-0.2, 0) is 14.3 Å². The van der Waals surface area contributed by atoms with Crippen LogP contribution in [0.15, 0.2) is 0 Å². The lowest BCUT2D eigenvalue weighted by atomic mass is 9.98. The molecule has 0 aliphatic carbocycles. The first kappa shape index (κ1) is 14.0. The highest BCUT2D eigenvalue weighted by molar-refractivity contribution is 5.73. The third-order valence-corrected chi connectivity index (χ3v) is 2.93. The van der Waals surface area contributed by atoms with Crippen molar-refractivity contribution in [1.29, 1.82) is 0 Å². The summed E-state index contributed by atoms with van der Waals surface area (Å²) in [4.78, 5) is 24.6. The Morgan fingerprint density at radius 3 is 2.88 bits per heavy atom. The van der Waals surface area contributed by atoms with E-state index in [9.17, 15) is 9.59 Å². The second-order valence-electron chi connectivity index (χ2n) is 4.37. The number of hydrogen-bond acceptors (Lipinski definition) is 4. The summed E-state index contributed by atoms with van der Waals surface area (Å²) in [6.07, 6.45) is 1.93. The Morgan fingerprint density at radius 1 is 1.47 bits per heavy atom. The highest BCUT2D eigenvalue weighted by Gasteiger charge is 2.26. The maximum atomic E-state index is 11.6. The molecule has 98 valence electrons. The van der Waals surface area contributed by atoms with Gasteiger partial charge >= 0.3 is 5.97 Å². The van der Waals surface area contributed by atoms with E-state index in [1.54, 1.807) is 0 Å². The molecule has 1 N–H and O–H groups in total. The molecule has 0 radical (unpaired) electrons. The molecule has 0 spiro atoms. The number of amides is 1. The topological polar surface area (TPSA) is 58.6 Å². The highest BCUT2D eigenvalue weighted by Crippen LogP contribution is 2.17. The largest absolute Gasteiger partial charge is 0.466 e. The van der Waals surface area contributed by atoms with Gasteiger partial charge in [0.15, 0.2) is 0 Å². The van der Waals surface area contributed by atoms with Crippen LogP contribution in [0.3, 0.4) is 0 Å². The van der Waals surface area contributed by atoms with Gasteiger partial charge in [0.2, 0.25) is 5.91 Å². The van der Waals surface area contributed by atoms with Crippen molar-refractivity contribution in [2.75, 3.05) is 32.8 Å². The third-order valence-electron chi connectivity index (χ3n) is 2.93. The summed E-state index contributed by atoms with van der Waals surface area (Å²) in [5.41, 5.74) is 0. The summed E-state index contributed by atoms with van der Waals surface area (Å²) >= 11 is 0. The van der Waals surface area contributed by atoms with E-state index in [2.05, 4.69) is 10.2 Å². The molecule has 17 heavy (non-hydrogen) atoms. The van der Waals surface area contributed by atoms with Gasteiger partial charge in [-0.05, 0) is 26.3 Å². The zero-order valence-electron chi connectivity index (χ0n) is 10.7. The van der Waals surface area contributed by atoms with Crippen molar-refractivity contribution >= 4 is 11.9 Å². The van der Waals surface area contributed by atoms with E-state index < -0.39 is 0 Å². The minimum atomic E-state index is -0.0864. The van der Waals surface area contributed by atoms with E-state index in [0.29, 0.717) is 13.2 Å². The molecule has 0 bridgehead atoms. The molecule has 1 atom stereocenters. The summed E-state index contributed by atoms with van der Waals surface area (Å²) in [6, 6.07) is 0. The van der Waals surface area contributed by atoms with E-state index in [-0.39, 0.29) is 17.8 Å². The van der Waals surface area contributed by atoms with E-state index in [4.69, 9.17) is 4.74 Å². The van der Waals surface area contributed by atoms with Gasteiger partial charge in [-0.1, -0.05) is 0 Å². The fourth-order valence-electron chi connectivity index (χ4n) is 2.10. The molecular weight excluding hydrogens is 220 g/mol. The van der Waals surface area contributed by atoms with E-state index in [0.717, 1.165) is 32.5 Å². The number of carbonyl (C=O) groups excluding carboxylic acids is 2. The Bertz CT molecular complexity index is 268. The SMILES string of the molecule is CCOC(=O)C1CCCN(CCNC(C)=O)C1. The van der Waals surface area contributed by atoms with Crippen LogP contribution in [0.2, 0.25) is 0 Å². The number of carbonyl (C=O) groups is 2. The molecule has 1 unspecified atom stereocenters. The maximum absolute atomic E-state index is 11.6. The third kappa shape index (κ3) is 5.17. The molecule has 0 saturated carbocycles. The molecule has 5 nitrogen and oxygen atoms in total. The van der Waals surface area contributed by atoms with Gasteiger partial charge in [0, 0.05) is 26.6 Å². The monoisotopic (exact) mass is 242 g/mol. The molecule has 0 aromatic carbocycles. The van der Waals surface area contributed by atoms with Gasteiger partial charge in [0.1, 0.15) is 0 Å². The average Bonchev–Trinajstić information content (AvgIpc) is 2.29. The number of esters is 1. The van der Waals surface area contributed by atoms with Crippen LogP contribution in [0.4, 0.5) is 0 Å². The Kier molecular flexibility index (Phi) is 5.97. The molecule has 1 aliphatic rings. The van der Waals surface area contributed by atoms with Gasteiger partial charge in [-0.15, -0.1) is 0 Å². The predicted molar refractivity (Wildman–Crippen MR) is 64.5 cm³/mol. The van der Waals surface area contributed by atoms with Gasteiger partial charge in [-0.2, -0.15) is 0 Å². The number of piperidine rings is 1. The number of likely N-dealkylation sites (tertiary alicyclic amines) is 1. The van der Waals surface area contributed by atoms with Crippen LogP contribution in [0.1, 0.15) is 26.7 Å². The van der Waals surface area contributed by atoms with Crippen LogP contribution in [0.25, 0.3) is 0 Å². The van der Waals surface area contributed by atoms with Gasteiger partial charge in [-0.25, -0.2) is 0 Å². The fraction of sp³-hybridized carbons (Fsp3) is 0.833. The maximum Gasteiger partial charge on any atom is 0.310 e. The molecule has 1 aliphatic heterocycles. The average molecular weight is 242 g/mol. The van der Waals surface area contributed by atoms with Crippen molar-refractivity contribution in [2.24, 2.45) is 5.92 Å². The van der Waals surface area contributed by atoms with Crippen LogP contribution >= 0.6 is 0 Å². The van der Waals surface area contributed by atoms with Crippen LogP contribution in [-0.4, -0.2) is 49.6 Å². The summed E-state index contributed by atoms with van der Waals surface area (Å²) in [6.45, 7) is 6.97. The predicted octanol–water partition coefficient (Wildman–Crippen LogP) is 0.398. The number of nitrogens with one attached hydrogen (secondary N) is 1. The van der Waals surface area contributed by atoms with Gasteiger partial charge < -0.3 is 15.0 Å². The van der Waals surface area contributed by atoms with Gasteiger partial charge in [-0.3, -0.25) is 9.59 Å². The lowest BCUT2D eigenvalue weighted by Gasteiger charge is -2.31. The van der Waals surface area contributed by atoms with Crippen molar-refractivity contribution in [2.45, 2.75) is 26.7 Å². The van der Waals surface area contributed by atoms with Gasteiger partial charge in [0.05, 0.1) is 12.5 Å². The normalized spacial score (nSPS) is 20.9. The Hall–Kier alpha value is -1.10. The van der Waals surface area contributed by atoms with E-state index in [1.807, 2.05) is 6.92 Å². The van der Waals surface area contributed by atoms with Crippen molar-refractivity contribution < 1.29 is 14.3 Å². The summed E-state index contributed by atoms with van der Waals surface area (Å²) < 4.78 is 5.04. The molecule has 1 amide bonds. The van der Waals surface area contributed by atoms with Crippen LogP contribution in [0, 0.1) is 5.92 Å². The zero-order chi connectivity index (χ0) is 12.7. The second-order valence-corrected chi connectivity index (χ2v) is 4.37.